The molecule has 0 aliphatic rings. The summed E-state index contributed by atoms with van der Waals surface area (Å²) in [6.45, 7) is 1.45. The van der Waals surface area contributed by atoms with Gasteiger partial charge in [0.25, 0.3) is 0 Å². The lowest BCUT2D eigenvalue weighted by molar-refractivity contribution is -0.141. The molecular formula is C13H9F3N4O. The van der Waals surface area contributed by atoms with E-state index in [1.165, 1.54) is 6.92 Å². The highest BCUT2D eigenvalue weighted by Crippen LogP contribution is 2.30. The van der Waals surface area contributed by atoms with Gasteiger partial charge in [0.1, 0.15) is 5.75 Å². The number of alkyl halides is 3. The molecule has 3 aromatic rings. The lowest BCUT2D eigenvalue weighted by Gasteiger charge is -2.09. The van der Waals surface area contributed by atoms with Crippen LogP contribution in [0.5, 0.6) is 11.8 Å². The Morgan fingerprint density at radius 3 is 2.71 bits per heavy atom. The number of hydrogen-bond donors (Lipinski definition) is 1. The van der Waals surface area contributed by atoms with Gasteiger partial charge in [-0.25, -0.2) is 4.98 Å². The first-order valence-corrected chi connectivity index (χ1v) is 5.96. The normalized spacial score (nSPS) is 11.8. The summed E-state index contributed by atoms with van der Waals surface area (Å²) in [7, 11) is 0. The van der Waals surface area contributed by atoms with Crippen molar-refractivity contribution in [1.82, 2.24) is 20.2 Å². The summed E-state index contributed by atoms with van der Waals surface area (Å²) in [5.41, 5.74) is -0.154. The molecule has 2 aromatic heterocycles. The van der Waals surface area contributed by atoms with Crippen molar-refractivity contribution in [2.24, 2.45) is 0 Å². The SMILES string of the molecule is Cc1cc(C(F)(F)F)nc(Oc2ccc3cn[nH]c3c2)n1. The van der Waals surface area contributed by atoms with E-state index in [0.717, 1.165) is 11.5 Å². The zero-order valence-corrected chi connectivity index (χ0v) is 10.8. The van der Waals surface area contributed by atoms with Crippen LogP contribution in [-0.4, -0.2) is 20.2 Å². The van der Waals surface area contributed by atoms with Gasteiger partial charge in [-0.3, -0.25) is 5.10 Å². The Hall–Kier alpha value is -2.64. The van der Waals surface area contributed by atoms with Crippen molar-refractivity contribution >= 4 is 10.9 Å². The number of aromatic amines is 1. The van der Waals surface area contributed by atoms with Gasteiger partial charge < -0.3 is 4.74 Å². The second-order valence-corrected chi connectivity index (χ2v) is 4.40. The summed E-state index contributed by atoms with van der Waals surface area (Å²) in [5, 5.41) is 7.46. The topological polar surface area (TPSA) is 63.7 Å². The van der Waals surface area contributed by atoms with E-state index >= 15 is 0 Å². The third-order valence-electron chi connectivity index (χ3n) is 2.75. The Labute approximate surface area is 116 Å². The average molecular weight is 294 g/mol. The maximum atomic E-state index is 12.7. The molecule has 0 aliphatic carbocycles. The van der Waals surface area contributed by atoms with Crippen LogP contribution in [0.1, 0.15) is 11.4 Å². The van der Waals surface area contributed by atoms with Gasteiger partial charge in [0, 0.05) is 17.1 Å². The molecule has 0 saturated heterocycles. The summed E-state index contributed by atoms with van der Waals surface area (Å²) < 4.78 is 43.4. The number of fused-ring (bicyclic) bond motifs is 1. The van der Waals surface area contributed by atoms with Gasteiger partial charge in [-0.15, -0.1) is 0 Å². The van der Waals surface area contributed by atoms with E-state index in [9.17, 15) is 13.2 Å². The van der Waals surface area contributed by atoms with Crippen molar-refractivity contribution in [3.8, 4) is 11.8 Å². The van der Waals surface area contributed by atoms with Crippen LogP contribution in [0.4, 0.5) is 13.2 Å². The standard InChI is InChI=1S/C13H9F3N4O/c1-7-4-11(13(14,15)16)19-12(18-7)21-9-3-2-8-6-17-20-10(8)5-9/h2-6H,1H3,(H,17,20). The molecule has 0 spiro atoms. The fourth-order valence-electron chi connectivity index (χ4n) is 1.82. The van der Waals surface area contributed by atoms with Gasteiger partial charge in [0.05, 0.1) is 11.7 Å². The second-order valence-electron chi connectivity index (χ2n) is 4.40. The summed E-state index contributed by atoms with van der Waals surface area (Å²) in [6, 6.07) is 5.47. The van der Waals surface area contributed by atoms with Crippen molar-refractivity contribution < 1.29 is 17.9 Å². The van der Waals surface area contributed by atoms with Crippen LogP contribution in [0.15, 0.2) is 30.5 Å². The first-order valence-electron chi connectivity index (χ1n) is 5.96. The Kier molecular flexibility index (Phi) is 3.00. The highest BCUT2D eigenvalue weighted by Gasteiger charge is 2.33. The fraction of sp³-hybridized carbons (Fsp3) is 0.154. The van der Waals surface area contributed by atoms with E-state index in [-0.39, 0.29) is 11.7 Å². The molecule has 1 N–H and O–H groups in total. The number of ether oxygens (including phenoxy) is 1. The molecular weight excluding hydrogens is 285 g/mol. The zero-order chi connectivity index (χ0) is 15.0. The lowest BCUT2D eigenvalue weighted by Crippen LogP contribution is -2.10. The molecule has 2 heterocycles. The predicted octanol–water partition coefficient (Wildman–Crippen LogP) is 3.47. The van der Waals surface area contributed by atoms with Gasteiger partial charge >= 0.3 is 12.2 Å². The number of rotatable bonds is 2. The Morgan fingerprint density at radius 1 is 1.14 bits per heavy atom. The predicted molar refractivity (Wildman–Crippen MR) is 67.9 cm³/mol. The van der Waals surface area contributed by atoms with Crippen molar-refractivity contribution in [3.05, 3.63) is 41.9 Å². The van der Waals surface area contributed by atoms with Gasteiger partial charge in [0.2, 0.25) is 0 Å². The maximum Gasteiger partial charge on any atom is 0.433 e. The van der Waals surface area contributed by atoms with Crippen LogP contribution in [0.3, 0.4) is 0 Å². The Morgan fingerprint density at radius 2 is 1.95 bits per heavy atom. The summed E-state index contributed by atoms with van der Waals surface area (Å²) in [6.07, 6.45) is -2.91. The van der Waals surface area contributed by atoms with Crippen LogP contribution in [0, 0.1) is 6.92 Å². The average Bonchev–Trinajstić information content (AvgIpc) is 2.84. The van der Waals surface area contributed by atoms with Crippen LogP contribution >= 0.6 is 0 Å². The fourth-order valence-corrected chi connectivity index (χ4v) is 1.82. The third kappa shape index (κ3) is 2.78. The summed E-state index contributed by atoms with van der Waals surface area (Å²) in [4.78, 5) is 7.23. The third-order valence-corrected chi connectivity index (χ3v) is 2.75. The van der Waals surface area contributed by atoms with Gasteiger partial charge in [-0.05, 0) is 25.1 Å². The second kappa shape index (κ2) is 4.72. The van der Waals surface area contributed by atoms with Crippen LogP contribution in [0.2, 0.25) is 0 Å². The highest BCUT2D eigenvalue weighted by molar-refractivity contribution is 5.79. The van der Waals surface area contributed by atoms with E-state index in [2.05, 4.69) is 20.2 Å². The number of hydrogen-bond acceptors (Lipinski definition) is 4. The molecule has 1 aromatic carbocycles. The molecule has 0 fully saturated rings. The largest absolute Gasteiger partial charge is 0.433 e. The molecule has 0 aliphatic heterocycles. The molecule has 108 valence electrons. The molecule has 8 heteroatoms. The van der Waals surface area contributed by atoms with Gasteiger partial charge in [0.15, 0.2) is 5.69 Å². The molecule has 5 nitrogen and oxygen atoms in total. The first-order chi connectivity index (χ1) is 9.91. The number of aryl methyl sites for hydroxylation is 1. The lowest BCUT2D eigenvalue weighted by atomic mass is 10.2. The minimum Gasteiger partial charge on any atom is -0.424 e. The number of nitrogens with one attached hydrogen (secondary N) is 1. The molecule has 0 bridgehead atoms. The van der Waals surface area contributed by atoms with Crippen molar-refractivity contribution in [2.45, 2.75) is 13.1 Å². The van der Waals surface area contributed by atoms with Crippen molar-refractivity contribution in [2.75, 3.05) is 0 Å². The van der Waals surface area contributed by atoms with E-state index in [1.54, 1.807) is 24.4 Å². The minimum atomic E-state index is -4.54. The van der Waals surface area contributed by atoms with Gasteiger partial charge in [-0.1, -0.05) is 0 Å². The van der Waals surface area contributed by atoms with Crippen LogP contribution in [0.25, 0.3) is 10.9 Å². The maximum absolute atomic E-state index is 12.7. The quantitative estimate of drug-likeness (QED) is 0.786. The molecule has 0 amide bonds. The first kappa shape index (κ1) is 13.3. The van der Waals surface area contributed by atoms with Crippen molar-refractivity contribution in [1.29, 1.82) is 0 Å². The number of benzene rings is 1. The minimum absolute atomic E-state index is 0.176. The van der Waals surface area contributed by atoms with E-state index in [1.807, 2.05) is 0 Å². The number of nitrogens with zero attached hydrogens (tertiary/aromatic N) is 3. The molecule has 0 radical (unpaired) electrons. The molecule has 0 saturated carbocycles. The zero-order valence-electron chi connectivity index (χ0n) is 10.8. The molecule has 21 heavy (non-hydrogen) atoms. The molecule has 0 atom stereocenters. The van der Waals surface area contributed by atoms with Crippen LogP contribution < -0.4 is 4.74 Å². The smallest absolute Gasteiger partial charge is 0.424 e. The number of H-pyrrole nitrogens is 1. The van der Waals surface area contributed by atoms with E-state index < -0.39 is 11.9 Å². The van der Waals surface area contributed by atoms with E-state index in [0.29, 0.717) is 11.3 Å². The Bertz CT molecular complexity index is 797. The molecule has 0 unspecified atom stereocenters. The van der Waals surface area contributed by atoms with Crippen molar-refractivity contribution in [3.63, 3.8) is 0 Å². The summed E-state index contributed by atoms with van der Waals surface area (Å²) in [5.74, 6) is 0.325. The van der Waals surface area contributed by atoms with E-state index in [4.69, 9.17) is 4.74 Å². The Balaban J connectivity index is 1.95. The number of halogens is 3. The van der Waals surface area contributed by atoms with Gasteiger partial charge in [-0.2, -0.15) is 23.3 Å². The van der Waals surface area contributed by atoms with Crippen LogP contribution in [-0.2, 0) is 6.18 Å². The monoisotopic (exact) mass is 294 g/mol. The highest BCUT2D eigenvalue weighted by atomic mass is 19.4. The summed E-state index contributed by atoms with van der Waals surface area (Å²) >= 11 is 0. The molecule has 3 rings (SSSR count). The number of aromatic nitrogens is 4.